The number of halogens is 1. The molecule has 0 amide bonds. The number of fused-ring (bicyclic) bond motifs is 1. The van der Waals surface area contributed by atoms with Gasteiger partial charge in [0, 0.05) is 30.2 Å². The molecule has 0 saturated carbocycles. The van der Waals surface area contributed by atoms with Crippen molar-refractivity contribution in [1.29, 1.82) is 0 Å². The summed E-state index contributed by atoms with van der Waals surface area (Å²) < 4.78 is 14.2. The predicted octanol–water partition coefficient (Wildman–Crippen LogP) is 4.56. The first kappa shape index (κ1) is 19.3. The number of hydrogen-bond acceptors (Lipinski definition) is 4. The molecular formula is C23H18FN5O. The number of carbonyl (C=O) groups excluding carboxylic acids is 1. The quantitative estimate of drug-likeness (QED) is 0.482. The standard InChI is InChI=1S/C23H18FN5O/c1-13-6-8-18(24)17(22(13)26-2)11-15(30)10-14-7-9-19(27-12-14)16-4-3-5-20-21(16)23(25)29-28-20/h3-9,12H,10-11H2,1H3,(H3,25,28,29). The molecule has 30 heavy (non-hydrogen) atoms. The Bertz CT molecular complexity index is 1300. The Morgan fingerprint density at radius 3 is 2.77 bits per heavy atom. The summed E-state index contributed by atoms with van der Waals surface area (Å²) in [6.45, 7) is 9.01. The summed E-state index contributed by atoms with van der Waals surface area (Å²) in [5, 5.41) is 7.71. The van der Waals surface area contributed by atoms with E-state index < -0.39 is 5.82 Å². The molecule has 0 unspecified atom stereocenters. The molecule has 0 aliphatic rings. The van der Waals surface area contributed by atoms with Gasteiger partial charge < -0.3 is 5.73 Å². The highest BCUT2D eigenvalue weighted by Gasteiger charge is 2.16. The molecule has 0 atom stereocenters. The Balaban J connectivity index is 1.55. The minimum Gasteiger partial charge on any atom is -0.382 e. The van der Waals surface area contributed by atoms with Crippen LogP contribution in [0.15, 0.2) is 48.7 Å². The fraction of sp³-hybridized carbons (Fsp3) is 0.130. The number of carbonyl (C=O) groups is 1. The average molecular weight is 399 g/mol. The molecule has 0 spiro atoms. The molecule has 0 aliphatic carbocycles. The number of aromatic amines is 1. The molecule has 0 radical (unpaired) electrons. The van der Waals surface area contributed by atoms with Gasteiger partial charge in [-0.25, -0.2) is 9.24 Å². The highest BCUT2D eigenvalue weighted by atomic mass is 19.1. The van der Waals surface area contributed by atoms with Crippen molar-refractivity contribution in [3.05, 3.63) is 82.6 Å². The van der Waals surface area contributed by atoms with Crippen molar-refractivity contribution < 1.29 is 9.18 Å². The van der Waals surface area contributed by atoms with E-state index in [-0.39, 0.29) is 29.9 Å². The van der Waals surface area contributed by atoms with Gasteiger partial charge in [-0.1, -0.05) is 24.3 Å². The minimum atomic E-state index is -0.529. The molecule has 0 saturated heterocycles. The van der Waals surface area contributed by atoms with Crippen molar-refractivity contribution in [2.24, 2.45) is 0 Å². The van der Waals surface area contributed by atoms with Crippen LogP contribution >= 0.6 is 0 Å². The lowest BCUT2D eigenvalue weighted by molar-refractivity contribution is -0.117. The number of aromatic nitrogens is 3. The van der Waals surface area contributed by atoms with Gasteiger partial charge in [0.1, 0.15) is 11.6 Å². The fourth-order valence-corrected chi connectivity index (χ4v) is 3.54. The normalized spacial score (nSPS) is 10.8. The summed E-state index contributed by atoms with van der Waals surface area (Å²) in [4.78, 5) is 20.4. The first-order chi connectivity index (χ1) is 14.5. The number of pyridine rings is 1. The van der Waals surface area contributed by atoms with Crippen LogP contribution in [-0.4, -0.2) is 21.0 Å². The van der Waals surface area contributed by atoms with E-state index in [2.05, 4.69) is 20.0 Å². The number of ketones is 1. The average Bonchev–Trinajstić information content (AvgIpc) is 3.13. The van der Waals surface area contributed by atoms with Gasteiger partial charge in [-0.2, -0.15) is 5.10 Å². The highest BCUT2D eigenvalue weighted by molar-refractivity contribution is 6.00. The second kappa shape index (κ2) is 7.76. The van der Waals surface area contributed by atoms with Crippen LogP contribution in [0.2, 0.25) is 0 Å². The number of Topliss-reactive ketones (excluding diaryl/α,β-unsaturated/α-hetero) is 1. The van der Waals surface area contributed by atoms with E-state index >= 15 is 0 Å². The molecule has 0 fully saturated rings. The zero-order valence-corrected chi connectivity index (χ0v) is 16.2. The molecule has 2 heterocycles. The first-order valence-corrected chi connectivity index (χ1v) is 9.33. The van der Waals surface area contributed by atoms with Crippen molar-refractivity contribution in [3.63, 3.8) is 0 Å². The van der Waals surface area contributed by atoms with Crippen molar-refractivity contribution in [2.45, 2.75) is 19.8 Å². The molecule has 6 nitrogen and oxygen atoms in total. The van der Waals surface area contributed by atoms with Gasteiger partial charge in [0.2, 0.25) is 0 Å². The van der Waals surface area contributed by atoms with E-state index in [4.69, 9.17) is 12.3 Å². The second-order valence-electron chi connectivity index (χ2n) is 7.08. The number of nitrogen functional groups attached to an aromatic ring is 1. The third-order valence-electron chi connectivity index (χ3n) is 5.03. The Morgan fingerprint density at radius 2 is 2.03 bits per heavy atom. The van der Waals surface area contributed by atoms with Crippen molar-refractivity contribution >= 4 is 28.2 Å². The van der Waals surface area contributed by atoms with Crippen molar-refractivity contribution in [1.82, 2.24) is 15.2 Å². The van der Waals surface area contributed by atoms with Crippen LogP contribution in [0.3, 0.4) is 0 Å². The first-order valence-electron chi connectivity index (χ1n) is 9.33. The molecule has 0 aliphatic heterocycles. The van der Waals surface area contributed by atoms with Gasteiger partial charge in [-0.3, -0.25) is 14.9 Å². The number of rotatable bonds is 5. The van der Waals surface area contributed by atoms with Gasteiger partial charge in [0.25, 0.3) is 0 Å². The van der Waals surface area contributed by atoms with Crippen LogP contribution in [-0.2, 0) is 17.6 Å². The Hall–Kier alpha value is -4.05. The van der Waals surface area contributed by atoms with Crippen LogP contribution in [0.25, 0.3) is 27.0 Å². The largest absolute Gasteiger partial charge is 0.382 e. The van der Waals surface area contributed by atoms with Gasteiger partial charge in [0.05, 0.1) is 23.2 Å². The molecule has 2 aromatic carbocycles. The summed E-state index contributed by atoms with van der Waals surface area (Å²) in [6.07, 6.45) is 1.61. The van der Waals surface area contributed by atoms with E-state index in [1.165, 1.54) is 6.07 Å². The lowest BCUT2D eigenvalue weighted by Crippen LogP contribution is -2.09. The maximum absolute atomic E-state index is 14.2. The number of hydrogen-bond donors (Lipinski definition) is 2. The van der Waals surface area contributed by atoms with Crippen LogP contribution in [0, 0.1) is 19.3 Å². The van der Waals surface area contributed by atoms with E-state index in [1.54, 1.807) is 19.2 Å². The number of nitrogens with one attached hydrogen (secondary N) is 1. The van der Waals surface area contributed by atoms with E-state index in [0.29, 0.717) is 22.6 Å². The molecule has 0 bridgehead atoms. The fourth-order valence-electron chi connectivity index (χ4n) is 3.54. The van der Waals surface area contributed by atoms with Crippen LogP contribution in [0.5, 0.6) is 0 Å². The third-order valence-corrected chi connectivity index (χ3v) is 5.03. The topological polar surface area (TPSA) is 89.0 Å². The smallest absolute Gasteiger partial charge is 0.196 e. The molecule has 148 valence electrons. The highest BCUT2D eigenvalue weighted by Crippen LogP contribution is 2.30. The second-order valence-corrected chi connectivity index (χ2v) is 7.08. The number of anilines is 1. The molecular weight excluding hydrogens is 381 g/mol. The van der Waals surface area contributed by atoms with Crippen molar-refractivity contribution in [3.8, 4) is 11.3 Å². The van der Waals surface area contributed by atoms with Gasteiger partial charge in [-0.05, 0) is 36.2 Å². The lowest BCUT2D eigenvalue weighted by Gasteiger charge is -2.08. The van der Waals surface area contributed by atoms with Crippen molar-refractivity contribution in [2.75, 3.05) is 5.73 Å². The van der Waals surface area contributed by atoms with Crippen LogP contribution < -0.4 is 5.73 Å². The number of nitrogens with zero attached hydrogens (tertiary/aromatic N) is 3. The third kappa shape index (κ3) is 3.51. The van der Waals surface area contributed by atoms with Gasteiger partial charge >= 0.3 is 0 Å². The SMILES string of the molecule is [C-]#[N+]c1c(C)ccc(F)c1CC(=O)Cc1ccc(-c2cccc3[nH]nc(N)c23)nc1. The molecule has 4 aromatic rings. The summed E-state index contributed by atoms with van der Waals surface area (Å²) in [5.74, 6) is -0.309. The molecule has 2 aromatic heterocycles. The maximum Gasteiger partial charge on any atom is 0.196 e. The van der Waals surface area contributed by atoms with Gasteiger partial charge in [-0.15, -0.1) is 0 Å². The van der Waals surface area contributed by atoms with Crippen LogP contribution in [0.1, 0.15) is 16.7 Å². The van der Waals surface area contributed by atoms with Crippen LogP contribution in [0.4, 0.5) is 15.9 Å². The summed E-state index contributed by atoms with van der Waals surface area (Å²) in [6, 6.07) is 12.2. The number of benzene rings is 2. The number of nitrogens with two attached hydrogens (primary N) is 1. The minimum absolute atomic E-state index is 0.107. The Labute approximate surface area is 172 Å². The zero-order valence-electron chi connectivity index (χ0n) is 16.2. The molecule has 4 rings (SSSR count). The molecule has 7 heteroatoms. The summed E-state index contributed by atoms with van der Waals surface area (Å²) in [5.41, 5.74) is 10.1. The van der Waals surface area contributed by atoms with E-state index in [0.717, 1.165) is 16.5 Å². The summed E-state index contributed by atoms with van der Waals surface area (Å²) >= 11 is 0. The number of aryl methyl sites for hydroxylation is 1. The maximum atomic E-state index is 14.2. The summed E-state index contributed by atoms with van der Waals surface area (Å²) in [7, 11) is 0. The lowest BCUT2D eigenvalue weighted by atomic mass is 9.99. The van der Waals surface area contributed by atoms with E-state index in [1.807, 2.05) is 30.3 Å². The predicted molar refractivity (Wildman–Crippen MR) is 114 cm³/mol. The van der Waals surface area contributed by atoms with Gasteiger partial charge in [0.15, 0.2) is 11.5 Å². The zero-order chi connectivity index (χ0) is 21.3. The van der Waals surface area contributed by atoms with E-state index in [9.17, 15) is 9.18 Å². The Morgan fingerprint density at radius 1 is 1.20 bits per heavy atom. The molecule has 3 N–H and O–H groups in total. The monoisotopic (exact) mass is 399 g/mol. The Kier molecular flexibility index (Phi) is 4.98. The number of H-pyrrole nitrogens is 1.